The first-order chi connectivity index (χ1) is 10.1. The van der Waals surface area contributed by atoms with Crippen LogP contribution in [0.5, 0.6) is 5.75 Å². The number of thioether (sulfide) groups is 1. The Morgan fingerprint density at radius 3 is 2.95 bits per heavy atom. The molecule has 3 N–H and O–H groups in total. The molecular formula is C13H17N5O2S. The fourth-order valence-electron chi connectivity index (χ4n) is 1.62. The van der Waals surface area contributed by atoms with Crippen LogP contribution in [0, 0.1) is 6.92 Å². The van der Waals surface area contributed by atoms with Gasteiger partial charge in [0.1, 0.15) is 11.6 Å². The number of amides is 1. The number of benzene rings is 1. The maximum atomic E-state index is 11.4. The number of carbonyl (C=O) groups excluding carboxylic acids is 1. The molecule has 0 radical (unpaired) electrons. The Balaban J connectivity index is 1.83. The summed E-state index contributed by atoms with van der Waals surface area (Å²) in [6.45, 7) is 2.41. The molecule has 1 heterocycles. The average Bonchev–Trinajstić information content (AvgIpc) is 2.83. The number of hydrogen-bond acceptors (Lipinski definition) is 6. The van der Waals surface area contributed by atoms with Crippen molar-refractivity contribution in [3.05, 3.63) is 35.7 Å². The first-order valence-electron chi connectivity index (χ1n) is 6.34. The molecule has 0 saturated carbocycles. The average molecular weight is 307 g/mol. The predicted molar refractivity (Wildman–Crippen MR) is 80.1 cm³/mol. The first-order valence-corrected chi connectivity index (χ1v) is 7.33. The lowest BCUT2D eigenvalue weighted by Crippen LogP contribution is -2.29. The molecule has 7 nitrogen and oxygen atoms in total. The second-order valence-corrected chi connectivity index (χ2v) is 5.35. The van der Waals surface area contributed by atoms with E-state index in [0.717, 1.165) is 16.7 Å². The summed E-state index contributed by atoms with van der Waals surface area (Å²) in [4.78, 5) is 11.4. The lowest BCUT2D eigenvalue weighted by atomic mass is 10.2. The molecule has 0 saturated heterocycles. The van der Waals surface area contributed by atoms with E-state index in [4.69, 9.17) is 10.6 Å². The van der Waals surface area contributed by atoms with E-state index < -0.39 is 0 Å². The number of nitrogen functional groups attached to an aromatic ring is 1. The van der Waals surface area contributed by atoms with E-state index in [2.05, 4.69) is 15.6 Å². The van der Waals surface area contributed by atoms with Crippen LogP contribution >= 0.6 is 11.8 Å². The number of carbonyl (C=O) groups is 1. The van der Waals surface area contributed by atoms with Gasteiger partial charge in [-0.05, 0) is 25.1 Å². The number of nitrogens with zero attached hydrogens (tertiary/aromatic N) is 3. The lowest BCUT2D eigenvalue weighted by Gasteiger charge is -2.07. The van der Waals surface area contributed by atoms with Crippen LogP contribution in [0.2, 0.25) is 0 Å². The van der Waals surface area contributed by atoms with Gasteiger partial charge >= 0.3 is 0 Å². The maximum Gasteiger partial charge on any atom is 0.265 e. The molecule has 0 unspecified atom stereocenters. The van der Waals surface area contributed by atoms with Crippen molar-refractivity contribution >= 4 is 17.7 Å². The van der Waals surface area contributed by atoms with E-state index in [1.807, 2.05) is 18.5 Å². The van der Waals surface area contributed by atoms with Gasteiger partial charge in [-0.1, -0.05) is 17.8 Å². The summed E-state index contributed by atoms with van der Waals surface area (Å²) >= 11 is 1.57. The van der Waals surface area contributed by atoms with Crippen LogP contribution in [0.3, 0.4) is 0 Å². The molecule has 8 heteroatoms. The first kappa shape index (κ1) is 15.3. The summed E-state index contributed by atoms with van der Waals surface area (Å²) in [5, 5.41) is 8.90. The summed E-state index contributed by atoms with van der Waals surface area (Å²) < 4.78 is 7.54. The molecule has 21 heavy (non-hydrogen) atoms. The van der Waals surface area contributed by atoms with Gasteiger partial charge in [-0.15, -0.1) is 10.2 Å². The van der Waals surface area contributed by atoms with Gasteiger partial charge in [0.05, 0.1) is 6.61 Å². The van der Waals surface area contributed by atoms with E-state index >= 15 is 0 Å². The van der Waals surface area contributed by atoms with E-state index in [1.54, 1.807) is 36.0 Å². The molecule has 112 valence electrons. The molecule has 2 rings (SSSR count). The van der Waals surface area contributed by atoms with Gasteiger partial charge in [-0.2, -0.15) is 0 Å². The Kier molecular flexibility index (Phi) is 5.18. The number of hydrogen-bond donors (Lipinski definition) is 2. The monoisotopic (exact) mass is 307 g/mol. The highest BCUT2D eigenvalue weighted by molar-refractivity contribution is 7.99. The fourth-order valence-corrected chi connectivity index (χ4v) is 2.39. The minimum absolute atomic E-state index is 0.343. The highest BCUT2D eigenvalue weighted by Crippen LogP contribution is 2.17. The maximum absolute atomic E-state index is 11.4. The van der Waals surface area contributed by atoms with Gasteiger partial charge in [-0.3, -0.25) is 10.2 Å². The van der Waals surface area contributed by atoms with E-state index in [-0.39, 0.29) is 5.91 Å². The van der Waals surface area contributed by atoms with E-state index in [1.165, 1.54) is 0 Å². The molecule has 0 aliphatic rings. The molecule has 2 aromatic rings. The highest BCUT2D eigenvalue weighted by atomic mass is 32.2. The van der Waals surface area contributed by atoms with Crippen molar-refractivity contribution in [2.45, 2.75) is 12.1 Å². The Bertz CT molecular complexity index is 629. The van der Waals surface area contributed by atoms with Crippen LogP contribution < -0.4 is 16.0 Å². The quantitative estimate of drug-likeness (QED) is 0.271. The third-order valence-corrected chi connectivity index (χ3v) is 3.85. The van der Waals surface area contributed by atoms with Gasteiger partial charge < -0.3 is 9.30 Å². The molecule has 1 aromatic carbocycles. The molecule has 1 aromatic heterocycles. The molecule has 0 fully saturated rings. The number of aryl methyl sites for hydroxylation is 1. The van der Waals surface area contributed by atoms with Crippen LogP contribution in [-0.2, 0) is 7.05 Å². The molecule has 0 aliphatic carbocycles. The normalized spacial score (nSPS) is 10.4. The van der Waals surface area contributed by atoms with Crippen molar-refractivity contribution in [1.82, 2.24) is 20.2 Å². The Hall–Kier alpha value is -2.06. The molecule has 0 atom stereocenters. The Labute approximate surface area is 126 Å². The van der Waals surface area contributed by atoms with Crippen molar-refractivity contribution in [2.24, 2.45) is 12.9 Å². The molecule has 0 aliphatic heterocycles. The van der Waals surface area contributed by atoms with E-state index in [0.29, 0.717) is 17.9 Å². The molecule has 1 amide bonds. The van der Waals surface area contributed by atoms with Gasteiger partial charge in [0, 0.05) is 18.4 Å². The van der Waals surface area contributed by atoms with Crippen LogP contribution in [0.15, 0.2) is 29.4 Å². The molecule has 0 spiro atoms. The summed E-state index contributed by atoms with van der Waals surface area (Å²) in [5.41, 5.74) is 2.55. The standard InChI is InChI=1S/C13H17N5O2S/c1-9-16-17-13(18(9)2)21-7-6-20-11-5-3-4-10(8-11)12(19)15-14/h3-5,8H,6-7,14H2,1-2H3,(H,15,19). The van der Waals surface area contributed by atoms with Crippen molar-refractivity contribution in [3.8, 4) is 5.75 Å². The number of nitrogens with two attached hydrogens (primary N) is 1. The zero-order valence-corrected chi connectivity index (χ0v) is 12.7. The van der Waals surface area contributed by atoms with Crippen LogP contribution in [0.4, 0.5) is 0 Å². The van der Waals surface area contributed by atoms with Crippen LogP contribution in [0.1, 0.15) is 16.2 Å². The van der Waals surface area contributed by atoms with Crippen molar-refractivity contribution in [3.63, 3.8) is 0 Å². The second-order valence-electron chi connectivity index (χ2n) is 4.29. The number of hydrazine groups is 1. The smallest absolute Gasteiger partial charge is 0.265 e. The summed E-state index contributed by atoms with van der Waals surface area (Å²) in [6, 6.07) is 6.87. The summed E-state index contributed by atoms with van der Waals surface area (Å²) in [7, 11) is 1.92. The van der Waals surface area contributed by atoms with Crippen molar-refractivity contribution < 1.29 is 9.53 Å². The second kappa shape index (κ2) is 7.09. The zero-order valence-electron chi connectivity index (χ0n) is 11.9. The molecular weight excluding hydrogens is 290 g/mol. The number of aromatic nitrogens is 3. The summed E-state index contributed by atoms with van der Waals surface area (Å²) in [5.74, 6) is 6.99. The third kappa shape index (κ3) is 3.96. The zero-order chi connectivity index (χ0) is 15.2. The van der Waals surface area contributed by atoms with Crippen LogP contribution in [0.25, 0.3) is 0 Å². The van der Waals surface area contributed by atoms with Crippen molar-refractivity contribution in [1.29, 1.82) is 0 Å². The molecule has 0 bridgehead atoms. The van der Waals surface area contributed by atoms with E-state index in [9.17, 15) is 4.79 Å². The minimum Gasteiger partial charge on any atom is -0.493 e. The van der Waals surface area contributed by atoms with Gasteiger partial charge in [0.15, 0.2) is 5.16 Å². The van der Waals surface area contributed by atoms with Crippen LogP contribution in [-0.4, -0.2) is 33.0 Å². The Morgan fingerprint density at radius 1 is 1.48 bits per heavy atom. The van der Waals surface area contributed by atoms with Gasteiger partial charge in [0.25, 0.3) is 5.91 Å². The minimum atomic E-state index is -0.343. The number of nitrogens with one attached hydrogen (secondary N) is 1. The summed E-state index contributed by atoms with van der Waals surface area (Å²) in [6.07, 6.45) is 0. The fraction of sp³-hybridized carbons (Fsp3) is 0.308. The SMILES string of the molecule is Cc1nnc(SCCOc2cccc(C(=O)NN)c2)n1C. The topological polar surface area (TPSA) is 95.1 Å². The van der Waals surface area contributed by atoms with Gasteiger partial charge in [-0.25, -0.2) is 5.84 Å². The predicted octanol–water partition coefficient (Wildman–Crippen LogP) is 0.898. The highest BCUT2D eigenvalue weighted by Gasteiger charge is 2.06. The number of rotatable bonds is 6. The Morgan fingerprint density at radius 2 is 2.29 bits per heavy atom. The third-order valence-electron chi connectivity index (χ3n) is 2.86. The largest absolute Gasteiger partial charge is 0.493 e. The van der Waals surface area contributed by atoms with Crippen molar-refractivity contribution in [2.75, 3.05) is 12.4 Å². The lowest BCUT2D eigenvalue weighted by molar-refractivity contribution is 0.0953. The number of ether oxygens (including phenoxy) is 1. The van der Waals surface area contributed by atoms with Gasteiger partial charge in [0.2, 0.25) is 0 Å².